The van der Waals surface area contributed by atoms with Gasteiger partial charge < -0.3 is 10.2 Å². The average molecular weight is 635 g/mol. The van der Waals surface area contributed by atoms with Gasteiger partial charge in [0, 0.05) is 29.0 Å². The summed E-state index contributed by atoms with van der Waals surface area (Å²) < 4.78 is 27.3. The first-order chi connectivity index (χ1) is 18.5. The van der Waals surface area contributed by atoms with Crippen LogP contribution in [0.4, 0.5) is 5.69 Å². The molecule has 1 atom stereocenters. The van der Waals surface area contributed by atoms with E-state index in [4.69, 9.17) is 11.6 Å². The Hall–Kier alpha value is -2.88. The first kappa shape index (κ1) is 30.7. The van der Waals surface area contributed by atoms with Crippen LogP contribution in [0.5, 0.6) is 0 Å². The van der Waals surface area contributed by atoms with E-state index in [1.54, 1.807) is 48.5 Å². The van der Waals surface area contributed by atoms with E-state index in [-0.39, 0.29) is 24.8 Å². The van der Waals surface area contributed by atoms with E-state index in [1.165, 1.54) is 4.90 Å². The van der Waals surface area contributed by atoms with Gasteiger partial charge in [-0.2, -0.15) is 0 Å². The summed E-state index contributed by atoms with van der Waals surface area (Å²) >= 11 is 9.86. The highest BCUT2D eigenvalue weighted by Crippen LogP contribution is 2.28. The Kier molecular flexibility index (Phi) is 11.0. The van der Waals surface area contributed by atoms with Crippen LogP contribution in [0.1, 0.15) is 25.0 Å². The van der Waals surface area contributed by atoms with Crippen LogP contribution in [0.15, 0.2) is 83.3 Å². The zero-order chi connectivity index (χ0) is 28.6. The summed E-state index contributed by atoms with van der Waals surface area (Å²) in [6.07, 6.45) is 1.30. The van der Waals surface area contributed by atoms with Gasteiger partial charge >= 0.3 is 0 Å². The predicted molar refractivity (Wildman–Crippen MR) is 160 cm³/mol. The molecule has 0 unspecified atom stereocenters. The van der Waals surface area contributed by atoms with Gasteiger partial charge in [0.15, 0.2) is 0 Å². The highest BCUT2D eigenvalue weighted by atomic mass is 79.9. The number of carbonyl (C=O) groups is 2. The molecule has 0 aliphatic rings. The molecule has 3 aromatic rings. The van der Waals surface area contributed by atoms with Crippen molar-refractivity contribution >= 4 is 55.1 Å². The molecule has 0 aliphatic heterocycles. The Labute approximate surface area is 244 Å². The summed E-state index contributed by atoms with van der Waals surface area (Å²) in [5.74, 6) is -0.647. The maximum absolute atomic E-state index is 14.1. The van der Waals surface area contributed by atoms with Crippen molar-refractivity contribution in [3.05, 3.63) is 99.5 Å². The Bertz CT molecular complexity index is 1390. The molecule has 208 valence electrons. The Morgan fingerprint density at radius 3 is 2.18 bits per heavy atom. The summed E-state index contributed by atoms with van der Waals surface area (Å²) in [7, 11) is -3.85. The van der Waals surface area contributed by atoms with Crippen LogP contribution < -0.4 is 9.62 Å². The number of nitrogens with one attached hydrogen (secondary N) is 1. The standard InChI is InChI=1S/C29H33BrClN3O4S/c1-21(2)18-32-29(36)27(17-22-11-5-4-6-12-22)33(19-23-13-7-9-15-25(23)31)28(35)20-34(39(3,37)38)26-16-10-8-14-24(26)30/h4-16,21,27H,17-20H2,1-3H3,(H,32,36)/t27-/m1/s1. The largest absolute Gasteiger partial charge is 0.354 e. The normalized spacial score (nSPS) is 12.2. The highest BCUT2D eigenvalue weighted by molar-refractivity contribution is 9.10. The Balaban J connectivity index is 2.06. The molecule has 3 rings (SSSR count). The number of halogens is 2. The van der Waals surface area contributed by atoms with Crippen LogP contribution in [-0.4, -0.2) is 50.5 Å². The van der Waals surface area contributed by atoms with E-state index in [2.05, 4.69) is 21.2 Å². The van der Waals surface area contributed by atoms with Gasteiger partial charge in [0.25, 0.3) is 0 Å². The molecule has 10 heteroatoms. The number of carbonyl (C=O) groups excluding carboxylic acids is 2. The van der Waals surface area contributed by atoms with Crippen LogP contribution >= 0.6 is 27.5 Å². The number of rotatable bonds is 12. The van der Waals surface area contributed by atoms with E-state index in [9.17, 15) is 18.0 Å². The molecule has 39 heavy (non-hydrogen) atoms. The first-order valence-corrected chi connectivity index (χ1v) is 15.6. The lowest BCUT2D eigenvalue weighted by Gasteiger charge is -2.34. The number of hydrogen-bond acceptors (Lipinski definition) is 4. The fraction of sp³-hybridized carbons (Fsp3) is 0.310. The van der Waals surface area contributed by atoms with Crippen molar-refractivity contribution < 1.29 is 18.0 Å². The lowest BCUT2D eigenvalue weighted by atomic mass is 10.0. The monoisotopic (exact) mass is 633 g/mol. The van der Waals surface area contributed by atoms with Crippen molar-refractivity contribution in [1.82, 2.24) is 10.2 Å². The second-order valence-corrected chi connectivity index (χ2v) is 12.8. The molecule has 0 radical (unpaired) electrons. The van der Waals surface area contributed by atoms with Gasteiger partial charge in [-0.1, -0.05) is 86.1 Å². The van der Waals surface area contributed by atoms with E-state index >= 15 is 0 Å². The third kappa shape index (κ3) is 8.81. The number of hydrogen-bond donors (Lipinski definition) is 1. The van der Waals surface area contributed by atoms with E-state index in [1.807, 2.05) is 44.2 Å². The molecule has 3 aromatic carbocycles. The zero-order valence-corrected chi connectivity index (χ0v) is 25.3. The number of benzene rings is 3. The summed E-state index contributed by atoms with van der Waals surface area (Å²) in [6.45, 7) is 3.94. The summed E-state index contributed by atoms with van der Waals surface area (Å²) in [6, 6.07) is 22.4. The molecule has 1 N–H and O–H groups in total. The van der Waals surface area contributed by atoms with E-state index < -0.39 is 28.5 Å². The minimum Gasteiger partial charge on any atom is -0.354 e. The maximum Gasteiger partial charge on any atom is 0.244 e. The Morgan fingerprint density at radius 1 is 0.949 bits per heavy atom. The van der Waals surface area contributed by atoms with E-state index in [0.717, 1.165) is 16.1 Å². The number of para-hydroxylation sites is 1. The second kappa shape index (κ2) is 14.0. The molecule has 2 amide bonds. The smallest absolute Gasteiger partial charge is 0.244 e. The highest BCUT2D eigenvalue weighted by Gasteiger charge is 2.33. The van der Waals surface area contributed by atoms with Crippen molar-refractivity contribution in [2.24, 2.45) is 5.92 Å². The van der Waals surface area contributed by atoms with Gasteiger partial charge in [-0.05, 0) is 51.2 Å². The lowest BCUT2D eigenvalue weighted by molar-refractivity contribution is -0.140. The molecule has 7 nitrogen and oxygen atoms in total. The van der Waals surface area contributed by atoms with Crippen molar-refractivity contribution in [3.8, 4) is 0 Å². The van der Waals surface area contributed by atoms with Crippen molar-refractivity contribution in [3.63, 3.8) is 0 Å². The fourth-order valence-corrected chi connectivity index (χ4v) is 5.71. The lowest BCUT2D eigenvalue weighted by Crippen LogP contribution is -2.53. The average Bonchev–Trinajstić information content (AvgIpc) is 2.89. The quantitative estimate of drug-likeness (QED) is 0.294. The third-order valence-electron chi connectivity index (χ3n) is 6.05. The van der Waals surface area contributed by atoms with Crippen molar-refractivity contribution in [1.29, 1.82) is 0 Å². The molecule has 0 aromatic heterocycles. The summed E-state index contributed by atoms with van der Waals surface area (Å²) in [5, 5.41) is 3.40. The van der Waals surface area contributed by atoms with Crippen molar-refractivity contribution in [2.75, 3.05) is 23.7 Å². The van der Waals surface area contributed by atoms with Gasteiger partial charge in [0.1, 0.15) is 12.6 Å². The predicted octanol–water partition coefficient (Wildman–Crippen LogP) is 5.28. The maximum atomic E-state index is 14.1. The van der Waals surface area contributed by atoms with Gasteiger partial charge in [-0.3, -0.25) is 13.9 Å². The third-order valence-corrected chi connectivity index (χ3v) is 8.22. The number of sulfonamides is 1. The molecular formula is C29H33BrClN3O4S. The molecular weight excluding hydrogens is 602 g/mol. The van der Waals surface area contributed by atoms with Crippen LogP contribution in [0, 0.1) is 5.92 Å². The Morgan fingerprint density at radius 2 is 1.56 bits per heavy atom. The second-order valence-electron chi connectivity index (χ2n) is 9.68. The fourth-order valence-electron chi connectivity index (χ4n) is 4.04. The van der Waals surface area contributed by atoms with E-state index in [0.29, 0.717) is 27.3 Å². The zero-order valence-electron chi connectivity index (χ0n) is 22.2. The first-order valence-electron chi connectivity index (χ1n) is 12.5. The van der Waals surface area contributed by atoms with Gasteiger partial charge in [0.05, 0.1) is 11.9 Å². The minimum absolute atomic E-state index is 0.0265. The number of anilines is 1. The van der Waals surface area contributed by atoms with Crippen LogP contribution in [0.25, 0.3) is 0 Å². The van der Waals surface area contributed by atoms with Crippen LogP contribution in [-0.2, 0) is 32.6 Å². The summed E-state index contributed by atoms with van der Waals surface area (Å²) in [5.41, 5.74) is 1.84. The number of amides is 2. The molecule has 0 spiro atoms. The van der Waals surface area contributed by atoms with Gasteiger partial charge in [-0.15, -0.1) is 0 Å². The summed E-state index contributed by atoms with van der Waals surface area (Å²) in [4.78, 5) is 29.1. The minimum atomic E-state index is -3.85. The molecule has 0 fully saturated rings. The topological polar surface area (TPSA) is 86.8 Å². The SMILES string of the molecule is CC(C)CNC(=O)[C@@H](Cc1ccccc1)N(Cc1ccccc1Cl)C(=O)CN(c1ccccc1Br)S(C)(=O)=O. The molecule has 0 bridgehead atoms. The van der Waals surface area contributed by atoms with Crippen LogP contribution in [0.3, 0.4) is 0 Å². The molecule has 0 aliphatic carbocycles. The van der Waals surface area contributed by atoms with Crippen molar-refractivity contribution in [2.45, 2.75) is 32.9 Å². The molecule has 0 saturated heterocycles. The van der Waals surface area contributed by atoms with Gasteiger partial charge in [-0.25, -0.2) is 8.42 Å². The molecule has 0 saturated carbocycles. The number of nitrogens with zero attached hydrogens (tertiary/aromatic N) is 2. The van der Waals surface area contributed by atoms with Crippen LogP contribution in [0.2, 0.25) is 5.02 Å². The molecule has 0 heterocycles. The van der Waals surface area contributed by atoms with Gasteiger partial charge in [0.2, 0.25) is 21.8 Å².